The summed E-state index contributed by atoms with van der Waals surface area (Å²) in [6.45, 7) is 3.88. The molecule has 0 aliphatic heterocycles. The molecule has 0 bridgehead atoms. The van der Waals surface area contributed by atoms with E-state index < -0.39 is 0 Å². The van der Waals surface area contributed by atoms with E-state index in [2.05, 4.69) is 27.8 Å². The van der Waals surface area contributed by atoms with Crippen LogP contribution in [-0.4, -0.2) is 17.5 Å². The van der Waals surface area contributed by atoms with E-state index >= 15 is 0 Å². The zero-order valence-corrected chi connectivity index (χ0v) is 16.0. The van der Waals surface area contributed by atoms with Crippen LogP contribution in [0, 0.1) is 0 Å². The van der Waals surface area contributed by atoms with Crippen molar-refractivity contribution in [3.05, 3.63) is 89.7 Å². The lowest BCUT2D eigenvalue weighted by atomic mass is 10.1. The minimum absolute atomic E-state index is 0.000972. The van der Waals surface area contributed by atoms with Gasteiger partial charge in [0.1, 0.15) is 5.75 Å². The van der Waals surface area contributed by atoms with Crippen LogP contribution in [0.3, 0.4) is 0 Å². The summed E-state index contributed by atoms with van der Waals surface area (Å²) >= 11 is 0. The van der Waals surface area contributed by atoms with Crippen LogP contribution in [0.4, 0.5) is 5.69 Å². The maximum absolute atomic E-state index is 12.1. The Morgan fingerprint density at radius 2 is 1.68 bits per heavy atom. The Hall–Kier alpha value is -3.34. The third kappa shape index (κ3) is 6.13. The lowest BCUT2D eigenvalue weighted by molar-refractivity contribution is -0.120. The van der Waals surface area contributed by atoms with Crippen LogP contribution in [0.25, 0.3) is 0 Å². The number of carbonyl (C=O) groups is 1. The van der Waals surface area contributed by atoms with Crippen molar-refractivity contribution in [2.24, 2.45) is 0 Å². The van der Waals surface area contributed by atoms with Gasteiger partial charge in [0, 0.05) is 31.2 Å². The Balaban J connectivity index is 1.44. The molecule has 3 rings (SSSR count). The fourth-order valence-electron chi connectivity index (χ4n) is 2.77. The first-order valence-electron chi connectivity index (χ1n) is 9.43. The number of rotatable bonds is 9. The first-order chi connectivity index (χ1) is 13.7. The van der Waals surface area contributed by atoms with Crippen molar-refractivity contribution < 1.29 is 9.53 Å². The van der Waals surface area contributed by atoms with Gasteiger partial charge in [0.15, 0.2) is 0 Å². The Bertz CT molecular complexity index is 863. The zero-order chi connectivity index (χ0) is 19.6. The van der Waals surface area contributed by atoms with Gasteiger partial charge in [0.2, 0.25) is 5.91 Å². The van der Waals surface area contributed by atoms with Gasteiger partial charge in [-0.05, 0) is 53.9 Å². The molecule has 5 nitrogen and oxygen atoms in total. The lowest BCUT2D eigenvalue weighted by Crippen LogP contribution is -2.24. The molecule has 1 amide bonds. The summed E-state index contributed by atoms with van der Waals surface area (Å²) in [5.74, 6) is 0.886. The van der Waals surface area contributed by atoms with E-state index in [9.17, 15) is 4.79 Å². The molecule has 0 aliphatic carbocycles. The lowest BCUT2D eigenvalue weighted by Gasteiger charge is -2.09. The molecule has 2 N–H and O–H groups in total. The largest absolute Gasteiger partial charge is 0.494 e. The highest BCUT2D eigenvalue weighted by Crippen LogP contribution is 2.15. The monoisotopic (exact) mass is 375 g/mol. The molecule has 5 heteroatoms. The van der Waals surface area contributed by atoms with Crippen LogP contribution in [0.15, 0.2) is 73.1 Å². The molecule has 2 aromatic carbocycles. The fraction of sp³-hybridized carbons (Fsp3) is 0.217. The number of nitrogens with one attached hydrogen (secondary N) is 2. The summed E-state index contributed by atoms with van der Waals surface area (Å²) < 4.78 is 5.45. The van der Waals surface area contributed by atoms with Gasteiger partial charge < -0.3 is 15.4 Å². The third-order valence-corrected chi connectivity index (χ3v) is 4.26. The number of pyridine rings is 1. The van der Waals surface area contributed by atoms with Crippen LogP contribution in [-0.2, 0) is 24.3 Å². The van der Waals surface area contributed by atoms with E-state index in [0.29, 0.717) is 19.6 Å². The van der Waals surface area contributed by atoms with Crippen molar-refractivity contribution in [1.29, 1.82) is 0 Å². The van der Waals surface area contributed by atoms with Gasteiger partial charge in [-0.3, -0.25) is 9.78 Å². The predicted octanol–water partition coefficient (Wildman–Crippen LogP) is 3.95. The quantitative estimate of drug-likeness (QED) is 0.594. The summed E-state index contributed by atoms with van der Waals surface area (Å²) in [4.78, 5) is 16.1. The molecule has 144 valence electrons. The first kappa shape index (κ1) is 19.4. The van der Waals surface area contributed by atoms with E-state index in [1.54, 1.807) is 12.4 Å². The molecule has 0 aliphatic rings. The second-order valence-electron chi connectivity index (χ2n) is 6.44. The van der Waals surface area contributed by atoms with E-state index in [0.717, 1.165) is 29.1 Å². The topological polar surface area (TPSA) is 63.2 Å². The molecule has 1 aromatic heterocycles. The SMILES string of the molecule is CCOc1ccc(CNc2ccc(CC(=O)NCc3cccnc3)cc2)cc1. The highest BCUT2D eigenvalue weighted by atomic mass is 16.5. The van der Waals surface area contributed by atoms with E-state index in [1.807, 2.05) is 55.5 Å². The van der Waals surface area contributed by atoms with E-state index in [4.69, 9.17) is 4.74 Å². The Kier molecular flexibility index (Phi) is 7.01. The molecule has 3 aromatic rings. The van der Waals surface area contributed by atoms with Gasteiger partial charge in [0.05, 0.1) is 13.0 Å². The number of amides is 1. The molecule has 1 heterocycles. The second kappa shape index (κ2) is 10.1. The van der Waals surface area contributed by atoms with Crippen molar-refractivity contribution in [2.45, 2.75) is 26.4 Å². The minimum atomic E-state index is -0.000972. The summed E-state index contributed by atoms with van der Waals surface area (Å²) in [5.41, 5.74) is 4.18. The van der Waals surface area contributed by atoms with Gasteiger partial charge in [-0.2, -0.15) is 0 Å². The summed E-state index contributed by atoms with van der Waals surface area (Å²) in [5, 5.41) is 6.31. The van der Waals surface area contributed by atoms with Gasteiger partial charge in [0.25, 0.3) is 0 Å². The average Bonchev–Trinajstić information content (AvgIpc) is 2.74. The molecule has 0 spiro atoms. The van der Waals surface area contributed by atoms with Crippen molar-refractivity contribution in [3.8, 4) is 5.75 Å². The molecule has 0 unspecified atom stereocenters. The summed E-state index contributed by atoms with van der Waals surface area (Å²) in [7, 11) is 0. The molecule has 0 fully saturated rings. The van der Waals surface area contributed by atoms with Crippen molar-refractivity contribution >= 4 is 11.6 Å². The molecule has 0 atom stereocenters. The number of anilines is 1. The molecular weight excluding hydrogens is 350 g/mol. The average molecular weight is 375 g/mol. The maximum atomic E-state index is 12.1. The van der Waals surface area contributed by atoms with Gasteiger partial charge in [-0.15, -0.1) is 0 Å². The van der Waals surface area contributed by atoms with Gasteiger partial charge >= 0.3 is 0 Å². The Labute approximate surface area is 165 Å². The molecular formula is C23H25N3O2. The smallest absolute Gasteiger partial charge is 0.224 e. The number of hydrogen-bond acceptors (Lipinski definition) is 4. The maximum Gasteiger partial charge on any atom is 0.224 e. The molecule has 28 heavy (non-hydrogen) atoms. The summed E-state index contributed by atoms with van der Waals surface area (Å²) in [6, 6.07) is 19.8. The van der Waals surface area contributed by atoms with Crippen molar-refractivity contribution in [3.63, 3.8) is 0 Å². The molecule has 0 saturated carbocycles. The summed E-state index contributed by atoms with van der Waals surface area (Å²) in [6.07, 6.45) is 3.83. The second-order valence-corrected chi connectivity index (χ2v) is 6.44. The van der Waals surface area contributed by atoms with Gasteiger partial charge in [-0.1, -0.05) is 30.3 Å². The van der Waals surface area contributed by atoms with E-state index in [-0.39, 0.29) is 5.91 Å². The van der Waals surface area contributed by atoms with E-state index in [1.165, 1.54) is 5.56 Å². The van der Waals surface area contributed by atoms with Crippen LogP contribution in [0.2, 0.25) is 0 Å². The van der Waals surface area contributed by atoms with Crippen LogP contribution in [0.5, 0.6) is 5.75 Å². The number of ether oxygens (including phenoxy) is 1. The van der Waals surface area contributed by atoms with Gasteiger partial charge in [-0.25, -0.2) is 0 Å². The predicted molar refractivity (Wildman–Crippen MR) is 111 cm³/mol. The zero-order valence-electron chi connectivity index (χ0n) is 16.0. The number of carbonyl (C=O) groups excluding carboxylic acids is 1. The first-order valence-corrected chi connectivity index (χ1v) is 9.43. The Morgan fingerprint density at radius 3 is 2.36 bits per heavy atom. The molecule has 0 saturated heterocycles. The van der Waals surface area contributed by atoms with Crippen LogP contribution >= 0.6 is 0 Å². The van der Waals surface area contributed by atoms with Crippen LogP contribution < -0.4 is 15.4 Å². The fourth-order valence-corrected chi connectivity index (χ4v) is 2.77. The van der Waals surface area contributed by atoms with Crippen molar-refractivity contribution in [1.82, 2.24) is 10.3 Å². The third-order valence-electron chi connectivity index (χ3n) is 4.26. The highest BCUT2D eigenvalue weighted by molar-refractivity contribution is 5.78. The Morgan fingerprint density at radius 1 is 0.929 bits per heavy atom. The number of hydrogen-bond donors (Lipinski definition) is 2. The van der Waals surface area contributed by atoms with Crippen LogP contribution in [0.1, 0.15) is 23.6 Å². The van der Waals surface area contributed by atoms with Crippen molar-refractivity contribution in [2.75, 3.05) is 11.9 Å². The number of benzene rings is 2. The number of aromatic nitrogens is 1. The molecule has 0 radical (unpaired) electrons. The standard InChI is InChI=1S/C23H25N3O2/c1-2-28-22-11-7-19(8-12-22)16-25-21-9-5-18(6-10-21)14-23(27)26-17-20-4-3-13-24-15-20/h3-13,15,25H,2,14,16-17H2,1H3,(H,26,27). The number of nitrogens with zero attached hydrogens (tertiary/aromatic N) is 1. The highest BCUT2D eigenvalue weighted by Gasteiger charge is 2.04. The normalized spacial score (nSPS) is 10.3. The minimum Gasteiger partial charge on any atom is -0.494 e.